The summed E-state index contributed by atoms with van der Waals surface area (Å²) in [5, 5.41) is 8.38. The highest BCUT2D eigenvalue weighted by Crippen LogP contribution is 2.13. The third-order valence-corrected chi connectivity index (χ3v) is 1.93. The van der Waals surface area contributed by atoms with Gasteiger partial charge >= 0.3 is 12.1 Å². The molecule has 1 aliphatic rings. The molecule has 1 heterocycles. The molecule has 5 heteroatoms. The lowest BCUT2D eigenvalue weighted by Gasteiger charge is -2.13. The van der Waals surface area contributed by atoms with Crippen molar-refractivity contribution in [1.82, 2.24) is 4.90 Å². The van der Waals surface area contributed by atoms with Crippen LogP contribution < -0.4 is 0 Å². The molecule has 12 heavy (non-hydrogen) atoms. The molecule has 1 N–H and O–H groups in total. The van der Waals surface area contributed by atoms with E-state index in [1.807, 2.05) is 0 Å². The van der Waals surface area contributed by atoms with E-state index in [0.717, 1.165) is 0 Å². The lowest BCUT2D eigenvalue weighted by Crippen LogP contribution is -2.29. The molecule has 0 aromatic rings. The van der Waals surface area contributed by atoms with Crippen LogP contribution >= 0.6 is 0 Å². The number of hydrogen-bond donors (Lipinski definition) is 1. The van der Waals surface area contributed by atoms with Crippen molar-refractivity contribution in [1.29, 1.82) is 0 Å². The maximum atomic E-state index is 10.8. The fourth-order valence-corrected chi connectivity index (χ4v) is 1.10. The van der Waals surface area contributed by atoms with Crippen LogP contribution in [-0.4, -0.2) is 41.8 Å². The molecule has 0 aliphatic carbocycles. The van der Waals surface area contributed by atoms with Crippen LogP contribution in [0, 0.1) is 0 Å². The SMILES string of the molecule is CN1C(=O)OCC1CCC(=O)O. The molecular formula is C7H11NO4. The molecule has 0 radical (unpaired) electrons. The van der Waals surface area contributed by atoms with Crippen molar-refractivity contribution in [3.05, 3.63) is 0 Å². The van der Waals surface area contributed by atoms with E-state index in [0.29, 0.717) is 13.0 Å². The van der Waals surface area contributed by atoms with Gasteiger partial charge in [-0.15, -0.1) is 0 Å². The van der Waals surface area contributed by atoms with E-state index in [1.54, 1.807) is 7.05 Å². The average molecular weight is 173 g/mol. The van der Waals surface area contributed by atoms with E-state index in [1.165, 1.54) is 4.90 Å². The van der Waals surface area contributed by atoms with Gasteiger partial charge in [-0.1, -0.05) is 0 Å². The van der Waals surface area contributed by atoms with Gasteiger partial charge in [-0.25, -0.2) is 4.79 Å². The number of likely N-dealkylation sites (N-methyl/N-ethyl adjacent to an activating group) is 1. The summed E-state index contributed by atoms with van der Waals surface area (Å²) in [6.07, 6.45) is 0.161. The Morgan fingerprint density at radius 3 is 2.92 bits per heavy atom. The quantitative estimate of drug-likeness (QED) is 0.666. The Morgan fingerprint density at radius 2 is 2.50 bits per heavy atom. The van der Waals surface area contributed by atoms with Crippen molar-refractivity contribution in [3.63, 3.8) is 0 Å². The van der Waals surface area contributed by atoms with Crippen molar-refractivity contribution in [2.24, 2.45) is 0 Å². The van der Waals surface area contributed by atoms with Crippen LogP contribution in [0.2, 0.25) is 0 Å². The predicted octanol–water partition coefficient (Wildman–Crippen LogP) is 0.302. The molecule has 1 amide bonds. The minimum absolute atomic E-state index is 0.0750. The van der Waals surface area contributed by atoms with Crippen molar-refractivity contribution in [3.8, 4) is 0 Å². The van der Waals surface area contributed by atoms with Crippen molar-refractivity contribution >= 4 is 12.1 Å². The molecule has 1 fully saturated rings. The predicted molar refractivity (Wildman–Crippen MR) is 39.8 cm³/mol. The van der Waals surface area contributed by atoms with Crippen LogP contribution in [-0.2, 0) is 9.53 Å². The molecule has 0 aromatic heterocycles. The van der Waals surface area contributed by atoms with Crippen LogP contribution in [0.5, 0.6) is 0 Å². The number of ether oxygens (including phenoxy) is 1. The zero-order valence-corrected chi connectivity index (χ0v) is 6.82. The molecule has 1 atom stereocenters. The number of carbonyl (C=O) groups excluding carboxylic acids is 1. The van der Waals surface area contributed by atoms with Crippen LogP contribution in [0.1, 0.15) is 12.8 Å². The van der Waals surface area contributed by atoms with Crippen molar-refractivity contribution in [2.75, 3.05) is 13.7 Å². The monoisotopic (exact) mass is 173 g/mol. The minimum Gasteiger partial charge on any atom is -0.481 e. The van der Waals surface area contributed by atoms with Crippen molar-refractivity contribution in [2.45, 2.75) is 18.9 Å². The largest absolute Gasteiger partial charge is 0.481 e. The summed E-state index contributed by atoms with van der Waals surface area (Å²) in [4.78, 5) is 22.4. The Hall–Kier alpha value is -1.26. The van der Waals surface area contributed by atoms with Crippen LogP contribution in [0.3, 0.4) is 0 Å². The average Bonchev–Trinajstić information content (AvgIpc) is 2.30. The Balaban J connectivity index is 2.34. The molecule has 1 rings (SSSR count). The Kier molecular flexibility index (Phi) is 2.52. The maximum absolute atomic E-state index is 10.8. The van der Waals surface area contributed by atoms with Gasteiger partial charge in [0, 0.05) is 13.5 Å². The second-order valence-electron chi connectivity index (χ2n) is 2.77. The van der Waals surface area contributed by atoms with Gasteiger partial charge in [0.1, 0.15) is 6.61 Å². The van der Waals surface area contributed by atoms with Gasteiger partial charge in [0.25, 0.3) is 0 Å². The molecule has 1 aliphatic heterocycles. The van der Waals surface area contributed by atoms with Crippen LogP contribution in [0.25, 0.3) is 0 Å². The lowest BCUT2D eigenvalue weighted by molar-refractivity contribution is -0.137. The highest BCUT2D eigenvalue weighted by Gasteiger charge is 2.29. The summed E-state index contributed by atoms with van der Waals surface area (Å²) in [5.74, 6) is -0.845. The molecule has 0 aromatic carbocycles. The summed E-state index contributed by atoms with van der Waals surface area (Å²) in [5.41, 5.74) is 0. The Labute approximate surface area is 69.9 Å². The first-order valence-corrected chi connectivity index (χ1v) is 3.72. The number of cyclic esters (lactones) is 1. The number of nitrogens with zero attached hydrogens (tertiary/aromatic N) is 1. The number of amides is 1. The highest BCUT2D eigenvalue weighted by atomic mass is 16.6. The minimum atomic E-state index is -0.845. The van der Waals surface area contributed by atoms with Gasteiger partial charge in [-0.05, 0) is 6.42 Å². The zero-order chi connectivity index (χ0) is 9.14. The standard InChI is InChI=1S/C7H11NO4/c1-8-5(2-3-6(9)10)4-12-7(8)11/h5H,2-4H2,1H3,(H,9,10). The van der Waals surface area contributed by atoms with Gasteiger partial charge in [0.2, 0.25) is 0 Å². The van der Waals surface area contributed by atoms with Crippen LogP contribution in [0.15, 0.2) is 0 Å². The van der Waals surface area contributed by atoms with Gasteiger partial charge in [-0.3, -0.25) is 4.79 Å². The van der Waals surface area contributed by atoms with Gasteiger partial charge in [0.05, 0.1) is 6.04 Å². The third-order valence-electron chi connectivity index (χ3n) is 1.93. The maximum Gasteiger partial charge on any atom is 0.409 e. The molecule has 68 valence electrons. The molecule has 0 spiro atoms. The first kappa shape index (κ1) is 8.83. The second-order valence-corrected chi connectivity index (χ2v) is 2.77. The third kappa shape index (κ3) is 1.87. The fraction of sp³-hybridized carbons (Fsp3) is 0.714. The van der Waals surface area contributed by atoms with E-state index in [2.05, 4.69) is 0 Å². The van der Waals surface area contributed by atoms with E-state index in [4.69, 9.17) is 9.84 Å². The number of carbonyl (C=O) groups is 2. The summed E-state index contributed by atoms with van der Waals surface area (Å²) >= 11 is 0. The van der Waals surface area contributed by atoms with E-state index < -0.39 is 5.97 Å². The number of hydrogen-bond acceptors (Lipinski definition) is 3. The van der Waals surface area contributed by atoms with Gasteiger partial charge < -0.3 is 14.7 Å². The fourth-order valence-electron chi connectivity index (χ4n) is 1.10. The van der Waals surface area contributed by atoms with Gasteiger partial charge in [-0.2, -0.15) is 0 Å². The molecule has 5 nitrogen and oxygen atoms in total. The Morgan fingerprint density at radius 1 is 1.83 bits per heavy atom. The molecular weight excluding hydrogens is 162 g/mol. The summed E-state index contributed by atoms with van der Waals surface area (Å²) in [6, 6.07) is -0.0754. The number of carboxylic acid groups (broad SMARTS) is 1. The molecule has 0 bridgehead atoms. The number of rotatable bonds is 3. The Bertz CT molecular complexity index is 204. The van der Waals surface area contributed by atoms with E-state index in [-0.39, 0.29) is 18.6 Å². The highest BCUT2D eigenvalue weighted by molar-refractivity contribution is 5.70. The lowest BCUT2D eigenvalue weighted by atomic mass is 10.1. The molecule has 0 saturated carbocycles. The van der Waals surface area contributed by atoms with Crippen molar-refractivity contribution < 1.29 is 19.4 Å². The summed E-state index contributed by atoms with van der Waals surface area (Å²) < 4.78 is 4.70. The van der Waals surface area contributed by atoms with Crippen LogP contribution in [0.4, 0.5) is 4.79 Å². The van der Waals surface area contributed by atoms with E-state index in [9.17, 15) is 9.59 Å². The second kappa shape index (κ2) is 3.42. The van der Waals surface area contributed by atoms with E-state index >= 15 is 0 Å². The summed E-state index contributed by atoms with van der Waals surface area (Å²) in [7, 11) is 1.61. The first-order valence-electron chi connectivity index (χ1n) is 3.72. The van der Waals surface area contributed by atoms with Gasteiger partial charge in [0.15, 0.2) is 0 Å². The smallest absolute Gasteiger partial charge is 0.409 e. The summed E-state index contributed by atoms with van der Waals surface area (Å²) in [6.45, 7) is 0.308. The zero-order valence-electron chi connectivity index (χ0n) is 6.82. The molecule has 1 saturated heterocycles. The number of carboxylic acids is 1. The molecule has 1 unspecified atom stereocenters. The first-order chi connectivity index (χ1) is 5.61. The number of aliphatic carboxylic acids is 1. The normalized spacial score (nSPS) is 22.6. The topological polar surface area (TPSA) is 66.8 Å².